The van der Waals surface area contributed by atoms with Crippen LogP contribution in [0.2, 0.25) is 0 Å². The van der Waals surface area contributed by atoms with Crippen LogP contribution in [-0.2, 0) is 10.8 Å². The number of fused-ring (bicyclic) bond motifs is 8. The van der Waals surface area contributed by atoms with Crippen molar-refractivity contribution in [3.05, 3.63) is 233 Å². The van der Waals surface area contributed by atoms with Gasteiger partial charge in [-0.15, -0.1) is 0 Å². The molecule has 4 aliphatic rings. The molecule has 276 valence electrons. The quantitative estimate of drug-likeness (QED) is 0.173. The summed E-state index contributed by atoms with van der Waals surface area (Å²) in [5.41, 5.74) is 20.1. The van der Waals surface area contributed by atoms with Crippen LogP contribution in [0.1, 0.15) is 60.1 Å². The van der Waals surface area contributed by atoms with E-state index < -0.39 is 5.41 Å². The van der Waals surface area contributed by atoms with Gasteiger partial charge in [-0.05, 0) is 117 Å². The smallest absolute Gasteiger partial charge is 0.0755 e. The predicted molar refractivity (Wildman–Crippen MR) is 242 cm³/mol. The molecule has 0 spiro atoms. The van der Waals surface area contributed by atoms with Crippen molar-refractivity contribution in [3.63, 3.8) is 0 Å². The van der Waals surface area contributed by atoms with Crippen molar-refractivity contribution >= 4 is 50.5 Å². The van der Waals surface area contributed by atoms with Gasteiger partial charge in [0.2, 0.25) is 0 Å². The Labute approximate surface area is 340 Å². The fourth-order valence-electron chi connectivity index (χ4n) is 11.1. The molecular weight excluding hydrogens is 701 g/mol. The van der Waals surface area contributed by atoms with Crippen molar-refractivity contribution in [2.75, 3.05) is 9.80 Å². The molecule has 8 aromatic rings. The fraction of sp³-hybridized carbons (Fsp3) is 0.107. The third-order valence-electron chi connectivity index (χ3n) is 13.5. The van der Waals surface area contributed by atoms with Crippen LogP contribution in [0.15, 0.2) is 200 Å². The van der Waals surface area contributed by atoms with Gasteiger partial charge in [0, 0.05) is 33.4 Å². The van der Waals surface area contributed by atoms with E-state index in [0.29, 0.717) is 0 Å². The van der Waals surface area contributed by atoms with Gasteiger partial charge in [0.05, 0.1) is 22.5 Å². The van der Waals surface area contributed by atoms with E-state index in [1.54, 1.807) is 5.57 Å². The predicted octanol–water partition coefficient (Wildman–Crippen LogP) is 14.9. The molecule has 0 aromatic heterocycles. The van der Waals surface area contributed by atoms with Crippen LogP contribution in [0.5, 0.6) is 0 Å². The Morgan fingerprint density at radius 3 is 2.05 bits per heavy atom. The molecule has 12 rings (SSSR count). The van der Waals surface area contributed by atoms with Crippen LogP contribution < -0.4 is 9.80 Å². The second-order valence-electron chi connectivity index (χ2n) is 16.8. The minimum atomic E-state index is -0.542. The van der Waals surface area contributed by atoms with Crippen molar-refractivity contribution in [2.24, 2.45) is 0 Å². The van der Waals surface area contributed by atoms with E-state index in [2.05, 4.69) is 218 Å². The number of hydrogen-bond acceptors (Lipinski definition) is 2. The zero-order valence-corrected chi connectivity index (χ0v) is 32.8. The summed E-state index contributed by atoms with van der Waals surface area (Å²) in [6, 6.07) is 68.2. The van der Waals surface area contributed by atoms with E-state index in [0.717, 1.165) is 24.2 Å². The van der Waals surface area contributed by atoms with Crippen molar-refractivity contribution in [2.45, 2.75) is 37.5 Å². The van der Waals surface area contributed by atoms with Crippen LogP contribution in [0.3, 0.4) is 0 Å². The first-order chi connectivity index (χ1) is 28.5. The Morgan fingerprint density at radius 1 is 0.534 bits per heavy atom. The normalized spacial score (nSPS) is 17.7. The number of benzene rings is 8. The Balaban J connectivity index is 1.14. The molecule has 0 N–H and O–H groups in total. The SMILES string of the molecule is CC1(C)C2=C(C=CCC2)c2ccc(N(c3ccc4c(c3)C3(c5ccccc5)c5ccccc5N(c5ccccc5)c5cccc-4c53)c3cccc4ccccc34)cc21. The molecule has 8 aromatic carbocycles. The Morgan fingerprint density at radius 2 is 1.21 bits per heavy atom. The number of nitrogens with zero attached hydrogens (tertiary/aromatic N) is 2. The van der Waals surface area contributed by atoms with Crippen molar-refractivity contribution in [1.29, 1.82) is 0 Å². The van der Waals surface area contributed by atoms with E-state index in [4.69, 9.17) is 0 Å². The number of rotatable bonds is 5. The first kappa shape index (κ1) is 33.3. The van der Waals surface area contributed by atoms with Gasteiger partial charge in [-0.25, -0.2) is 0 Å². The van der Waals surface area contributed by atoms with Gasteiger partial charge in [-0.2, -0.15) is 0 Å². The summed E-state index contributed by atoms with van der Waals surface area (Å²) >= 11 is 0. The first-order valence-electron chi connectivity index (χ1n) is 20.7. The third kappa shape index (κ3) is 4.43. The van der Waals surface area contributed by atoms with E-state index >= 15 is 0 Å². The zero-order valence-electron chi connectivity index (χ0n) is 32.8. The highest BCUT2D eigenvalue weighted by atomic mass is 15.2. The van der Waals surface area contributed by atoms with Gasteiger partial charge >= 0.3 is 0 Å². The van der Waals surface area contributed by atoms with Crippen LogP contribution >= 0.6 is 0 Å². The molecule has 3 aliphatic carbocycles. The lowest BCUT2D eigenvalue weighted by atomic mass is 9.65. The highest BCUT2D eigenvalue weighted by Crippen LogP contribution is 2.65. The van der Waals surface area contributed by atoms with Gasteiger partial charge in [-0.3, -0.25) is 0 Å². The lowest BCUT2D eigenvalue weighted by molar-refractivity contribution is 0.607. The summed E-state index contributed by atoms with van der Waals surface area (Å²) in [7, 11) is 0. The van der Waals surface area contributed by atoms with E-state index in [9.17, 15) is 0 Å². The maximum atomic E-state index is 2.53. The van der Waals surface area contributed by atoms with Crippen molar-refractivity contribution < 1.29 is 0 Å². The molecule has 1 aliphatic heterocycles. The van der Waals surface area contributed by atoms with Gasteiger partial charge in [0.15, 0.2) is 0 Å². The highest BCUT2D eigenvalue weighted by molar-refractivity contribution is 6.02. The largest absolute Gasteiger partial charge is 0.310 e. The fourth-order valence-corrected chi connectivity index (χ4v) is 11.1. The second-order valence-corrected chi connectivity index (χ2v) is 16.8. The summed E-state index contributed by atoms with van der Waals surface area (Å²) in [6.07, 6.45) is 6.94. The Kier molecular flexibility index (Phi) is 7.05. The Hall–Kier alpha value is -6.90. The van der Waals surface area contributed by atoms with E-state index in [1.165, 1.54) is 83.6 Å². The number of para-hydroxylation sites is 2. The van der Waals surface area contributed by atoms with Gasteiger partial charge < -0.3 is 9.80 Å². The average molecular weight is 743 g/mol. The first-order valence-corrected chi connectivity index (χ1v) is 20.7. The summed E-state index contributed by atoms with van der Waals surface area (Å²) < 4.78 is 0. The van der Waals surface area contributed by atoms with Crippen molar-refractivity contribution in [1.82, 2.24) is 0 Å². The second kappa shape index (κ2) is 12.3. The minimum absolute atomic E-state index is 0.0420. The molecular formula is C56H42N2. The molecule has 2 heteroatoms. The van der Waals surface area contributed by atoms with Gasteiger partial charge in [0.1, 0.15) is 0 Å². The zero-order chi connectivity index (χ0) is 38.6. The topological polar surface area (TPSA) is 6.48 Å². The lowest BCUT2D eigenvalue weighted by Crippen LogP contribution is -2.36. The summed E-state index contributed by atoms with van der Waals surface area (Å²) in [5.74, 6) is 0. The molecule has 0 bridgehead atoms. The monoisotopic (exact) mass is 742 g/mol. The summed E-state index contributed by atoms with van der Waals surface area (Å²) in [5, 5.41) is 2.46. The maximum Gasteiger partial charge on any atom is 0.0755 e. The van der Waals surface area contributed by atoms with E-state index in [-0.39, 0.29) is 5.41 Å². The molecule has 0 amide bonds. The molecule has 2 nitrogen and oxygen atoms in total. The van der Waals surface area contributed by atoms with Gasteiger partial charge in [-0.1, -0.05) is 159 Å². The standard InChI is InChI=1S/C56H42N2/c1-55(2)47-26-12-11-24-43(47)44-33-31-40(35-49(44)55)57(51-29-15-18-37-17-9-10-23-42(37)51)41-32-34-45-46-25-16-30-53-54(46)56(50(45)36-41,38-19-5-3-6-20-38)48-27-13-14-28-52(48)58(53)39-21-7-4-8-22-39/h3-11,13-25,27-36H,12,26H2,1-2H3. The molecule has 1 heterocycles. The van der Waals surface area contributed by atoms with Gasteiger partial charge in [0.25, 0.3) is 0 Å². The number of allylic oxidation sites excluding steroid dienone is 4. The minimum Gasteiger partial charge on any atom is -0.310 e. The van der Waals surface area contributed by atoms with Crippen LogP contribution in [0, 0.1) is 0 Å². The molecule has 58 heavy (non-hydrogen) atoms. The summed E-state index contributed by atoms with van der Waals surface area (Å²) in [4.78, 5) is 5.00. The molecule has 0 fully saturated rings. The maximum absolute atomic E-state index is 2.53. The number of hydrogen-bond donors (Lipinski definition) is 0. The molecule has 0 radical (unpaired) electrons. The lowest BCUT2D eigenvalue weighted by Gasteiger charge is -2.44. The molecule has 0 saturated carbocycles. The third-order valence-corrected chi connectivity index (χ3v) is 13.5. The molecule has 0 saturated heterocycles. The van der Waals surface area contributed by atoms with E-state index in [1.807, 2.05) is 0 Å². The van der Waals surface area contributed by atoms with Crippen LogP contribution in [-0.4, -0.2) is 0 Å². The highest BCUT2D eigenvalue weighted by Gasteiger charge is 2.52. The molecule has 1 unspecified atom stereocenters. The summed E-state index contributed by atoms with van der Waals surface area (Å²) in [6.45, 7) is 4.85. The Bertz CT molecular complexity index is 3040. The molecule has 1 atom stereocenters. The number of anilines is 6. The van der Waals surface area contributed by atoms with Crippen molar-refractivity contribution in [3.8, 4) is 11.1 Å². The average Bonchev–Trinajstić information content (AvgIpc) is 3.71. The van der Waals surface area contributed by atoms with Crippen LogP contribution in [0.25, 0.3) is 27.5 Å². The van der Waals surface area contributed by atoms with Crippen LogP contribution in [0.4, 0.5) is 34.1 Å².